The topological polar surface area (TPSA) is 78.2 Å². The van der Waals surface area contributed by atoms with Gasteiger partial charge in [-0.15, -0.1) is 5.10 Å². The Morgan fingerprint density at radius 2 is 1.74 bits per heavy atom. The minimum atomic E-state index is -0.258. The molecule has 0 saturated carbocycles. The van der Waals surface area contributed by atoms with E-state index in [4.69, 9.17) is 5.73 Å². The van der Waals surface area contributed by atoms with Crippen LogP contribution < -0.4 is 11.4 Å². The highest BCUT2D eigenvalue weighted by Gasteiger charge is 2.13. The predicted octanol–water partition coefficient (Wildman–Crippen LogP) is 1.87. The van der Waals surface area contributed by atoms with Crippen LogP contribution in [0.1, 0.15) is 5.56 Å². The summed E-state index contributed by atoms with van der Waals surface area (Å²) in [6.07, 6.45) is 0.732. The van der Waals surface area contributed by atoms with Crippen molar-refractivity contribution in [3.05, 3.63) is 70.6 Å². The highest BCUT2D eigenvalue weighted by molar-refractivity contribution is 5.91. The first-order valence-corrected chi connectivity index (χ1v) is 7.42. The molecular formula is C17H15N5O. The van der Waals surface area contributed by atoms with Crippen LogP contribution >= 0.6 is 0 Å². The summed E-state index contributed by atoms with van der Waals surface area (Å²) in [6, 6.07) is 17.5. The van der Waals surface area contributed by atoms with Gasteiger partial charge in [0.25, 0.3) is 0 Å². The fourth-order valence-electron chi connectivity index (χ4n) is 2.75. The van der Waals surface area contributed by atoms with E-state index in [9.17, 15) is 4.79 Å². The number of anilines is 1. The third-order valence-corrected chi connectivity index (χ3v) is 3.90. The van der Waals surface area contributed by atoms with Crippen LogP contribution in [0, 0.1) is 0 Å². The zero-order chi connectivity index (χ0) is 15.8. The van der Waals surface area contributed by atoms with Gasteiger partial charge in [-0.05, 0) is 24.1 Å². The number of nitrogens with zero attached hydrogens (tertiary/aromatic N) is 4. The van der Waals surface area contributed by atoms with Gasteiger partial charge in [0.1, 0.15) is 0 Å². The van der Waals surface area contributed by atoms with E-state index in [1.165, 1.54) is 9.08 Å². The predicted molar refractivity (Wildman–Crippen MR) is 89.3 cm³/mol. The summed E-state index contributed by atoms with van der Waals surface area (Å²) in [4.78, 5) is 16.8. The second-order valence-electron chi connectivity index (χ2n) is 5.39. The van der Waals surface area contributed by atoms with Crippen LogP contribution in [-0.4, -0.2) is 19.2 Å². The summed E-state index contributed by atoms with van der Waals surface area (Å²) >= 11 is 0. The van der Waals surface area contributed by atoms with Gasteiger partial charge >= 0.3 is 5.69 Å². The van der Waals surface area contributed by atoms with Crippen molar-refractivity contribution in [2.75, 3.05) is 5.73 Å². The Bertz CT molecular complexity index is 1050. The van der Waals surface area contributed by atoms with E-state index in [1.54, 1.807) is 0 Å². The maximum Gasteiger partial charge on any atom is 0.353 e. The molecule has 114 valence electrons. The number of hydrogen-bond acceptors (Lipinski definition) is 4. The van der Waals surface area contributed by atoms with Crippen LogP contribution in [-0.2, 0) is 13.0 Å². The summed E-state index contributed by atoms with van der Waals surface area (Å²) in [6.45, 7) is 0.498. The zero-order valence-electron chi connectivity index (χ0n) is 12.4. The molecular weight excluding hydrogens is 290 g/mol. The maximum absolute atomic E-state index is 12.6. The second kappa shape index (κ2) is 5.24. The number of hydrogen-bond donors (Lipinski definition) is 1. The average Bonchev–Trinajstić information content (AvgIpc) is 2.92. The van der Waals surface area contributed by atoms with Crippen LogP contribution in [0.5, 0.6) is 0 Å². The van der Waals surface area contributed by atoms with Gasteiger partial charge in [0.05, 0.1) is 12.1 Å². The van der Waals surface area contributed by atoms with E-state index in [-0.39, 0.29) is 11.6 Å². The van der Waals surface area contributed by atoms with Crippen LogP contribution in [0.3, 0.4) is 0 Å². The molecule has 0 atom stereocenters. The summed E-state index contributed by atoms with van der Waals surface area (Å²) in [5, 5.41) is 5.28. The van der Waals surface area contributed by atoms with Gasteiger partial charge in [0.15, 0.2) is 5.65 Å². The fourth-order valence-corrected chi connectivity index (χ4v) is 2.75. The first-order valence-electron chi connectivity index (χ1n) is 7.42. The molecule has 2 heterocycles. The van der Waals surface area contributed by atoms with E-state index in [0.29, 0.717) is 12.2 Å². The molecule has 2 aromatic carbocycles. The van der Waals surface area contributed by atoms with Crippen LogP contribution in [0.2, 0.25) is 0 Å². The van der Waals surface area contributed by atoms with Crippen molar-refractivity contribution in [1.82, 2.24) is 19.2 Å². The Balaban J connectivity index is 1.82. The Morgan fingerprint density at radius 1 is 1.00 bits per heavy atom. The third-order valence-electron chi connectivity index (χ3n) is 3.90. The number of para-hydroxylation sites is 1. The van der Waals surface area contributed by atoms with E-state index < -0.39 is 0 Å². The fraction of sp³-hybridized carbons (Fsp3) is 0.118. The minimum absolute atomic E-state index is 0.162. The molecule has 0 radical (unpaired) electrons. The van der Waals surface area contributed by atoms with Crippen LogP contribution in [0.15, 0.2) is 59.4 Å². The van der Waals surface area contributed by atoms with Gasteiger partial charge in [-0.2, -0.15) is 0 Å². The van der Waals surface area contributed by atoms with Gasteiger partial charge in [0.2, 0.25) is 5.95 Å². The number of benzene rings is 2. The SMILES string of the molecule is Nc1nc2ccccc2c2nn(CCc3ccccc3)c(=O)n12. The van der Waals surface area contributed by atoms with Crippen molar-refractivity contribution >= 4 is 22.5 Å². The Hall–Kier alpha value is -3.15. The van der Waals surface area contributed by atoms with Crippen molar-refractivity contribution in [2.45, 2.75) is 13.0 Å². The number of nitrogens with two attached hydrogens (primary N) is 1. The molecule has 0 aliphatic heterocycles. The van der Waals surface area contributed by atoms with Crippen molar-refractivity contribution < 1.29 is 0 Å². The van der Waals surface area contributed by atoms with E-state index >= 15 is 0 Å². The van der Waals surface area contributed by atoms with Crippen molar-refractivity contribution in [3.63, 3.8) is 0 Å². The Kier molecular flexibility index (Phi) is 3.08. The van der Waals surface area contributed by atoms with Crippen LogP contribution in [0.25, 0.3) is 16.6 Å². The second-order valence-corrected chi connectivity index (χ2v) is 5.39. The lowest BCUT2D eigenvalue weighted by molar-refractivity contribution is 0.593. The average molecular weight is 305 g/mol. The molecule has 0 aliphatic carbocycles. The van der Waals surface area contributed by atoms with E-state index in [0.717, 1.165) is 22.9 Å². The quantitative estimate of drug-likeness (QED) is 0.627. The van der Waals surface area contributed by atoms with E-state index in [2.05, 4.69) is 10.1 Å². The first-order chi connectivity index (χ1) is 11.2. The normalized spacial score (nSPS) is 11.3. The number of fused-ring (bicyclic) bond motifs is 3. The summed E-state index contributed by atoms with van der Waals surface area (Å²) in [5.74, 6) is 0.162. The molecule has 0 saturated heterocycles. The molecule has 0 bridgehead atoms. The van der Waals surface area contributed by atoms with Gasteiger partial charge in [-0.1, -0.05) is 42.5 Å². The highest BCUT2D eigenvalue weighted by Crippen LogP contribution is 2.17. The number of nitrogen functional groups attached to an aromatic ring is 1. The highest BCUT2D eigenvalue weighted by atomic mass is 16.2. The summed E-state index contributed by atoms with van der Waals surface area (Å²) < 4.78 is 2.82. The number of rotatable bonds is 3. The number of aryl methyl sites for hydroxylation is 2. The first kappa shape index (κ1) is 13.5. The van der Waals surface area contributed by atoms with Gasteiger partial charge in [-0.25, -0.2) is 18.9 Å². The molecule has 0 amide bonds. The molecule has 6 heteroatoms. The van der Waals surface area contributed by atoms with Gasteiger partial charge in [0, 0.05) is 5.39 Å². The van der Waals surface area contributed by atoms with Gasteiger partial charge in [-0.3, -0.25) is 0 Å². The molecule has 2 aromatic heterocycles. The molecule has 0 spiro atoms. The largest absolute Gasteiger partial charge is 0.369 e. The molecule has 2 N–H and O–H groups in total. The van der Waals surface area contributed by atoms with Crippen LogP contribution in [0.4, 0.5) is 5.95 Å². The lowest BCUT2D eigenvalue weighted by Gasteiger charge is -2.00. The summed E-state index contributed by atoms with van der Waals surface area (Å²) in [7, 11) is 0. The smallest absolute Gasteiger partial charge is 0.353 e. The molecule has 4 aromatic rings. The standard InChI is InChI=1S/C17H15N5O/c18-16-19-14-9-5-4-8-13(14)15-20-21(17(23)22(15)16)11-10-12-6-2-1-3-7-12/h1-9H,10-11H2,(H2,18,19). The lowest BCUT2D eigenvalue weighted by Crippen LogP contribution is -2.23. The molecule has 0 aliphatic rings. The van der Waals surface area contributed by atoms with Crippen molar-refractivity contribution in [1.29, 1.82) is 0 Å². The van der Waals surface area contributed by atoms with E-state index in [1.807, 2.05) is 54.6 Å². The van der Waals surface area contributed by atoms with Crippen molar-refractivity contribution in [2.24, 2.45) is 0 Å². The molecule has 4 rings (SSSR count). The number of aromatic nitrogens is 4. The third kappa shape index (κ3) is 2.24. The maximum atomic E-state index is 12.6. The minimum Gasteiger partial charge on any atom is -0.369 e. The monoisotopic (exact) mass is 305 g/mol. The molecule has 6 nitrogen and oxygen atoms in total. The molecule has 23 heavy (non-hydrogen) atoms. The Labute approximate surface area is 131 Å². The lowest BCUT2D eigenvalue weighted by atomic mass is 10.2. The Morgan fingerprint density at radius 3 is 2.57 bits per heavy atom. The van der Waals surface area contributed by atoms with Crippen molar-refractivity contribution in [3.8, 4) is 0 Å². The molecule has 0 unspecified atom stereocenters. The van der Waals surface area contributed by atoms with Gasteiger partial charge < -0.3 is 5.73 Å². The summed E-state index contributed by atoms with van der Waals surface area (Å²) in [5.41, 5.74) is 8.13. The molecule has 0 fully saturated rings. The zero-order valence-corrected chi connectivity index (χ0v) is 12.4.